The molecule has 0 aliphatic heterocycles. The number of hydrogen-bond acceptors (Lipinski definition) is 5. The average molecular weight is 293 g/mol. The van der Waals surface area contributed by atoms with Gasteiger partial charge in [-0.15, -0.1) is 0 Å². The molecule has 0 fully saturated rings. The van der Waals surface area contributed by atoms with Gasteiger partial charge in [-0.1, -0.05) is 17.3 Å². The Hall–Kier alpha value is -2.05. The molecule has 1 rings (SSSR count). The van der Waals surface area contributed by atoms with Crippen molar-refractivity contribution in [2.24, 2.45) is 10.9 Å². The fourth-order valence-electron chi connectivity index (χ4n) is 1.75. The maximum atomic E-state index is 8.72. The lowest BCUT2D eigenvalue weighted by molar-refractivity contribution is 0.157. The molecule has 1 aromatic rings. The molecule has 0 bridgehead atoms. The van der Waals surface area contributed by atoms with Crippen molar-refractivity contribution in [3.63, 3.8) is 0 Å². The Morgan fingerprint density at radius 3 is 2.86 bits per heavy atom. The molecule has 0 heterocycles. The van der Waals surface area contributed by atoms with Crippen LogP contribution in [-0.2, 0) is 11.3 Å². The molecule has 0 atom stereocenters. The minimum absolute atomic E-state index is 0.0729. The maximum absolute atomic E-state index is 8.72. The number of nitrogens with zero attached hydrogens (tertiary/aromatic N) is 1. The lowest BCUT2D eigenvalue weighted by Crippen LogP contribution is -2.20. The highest BCUT2D eigenvalue weighted by molar-refractivity contribution is 5.97. The van der Waals surface area contributed by atoms with E-state index in [9.17, 15) is 0 Å². The molecule has 0 spiro atoms. The van der Waals surface area contributed by atoms with Crippen molar-refractivity contribution in [1.29, 1.82) is 0 Å². The molecule has 0 aliphatic rings. The van der Waals surface area contributed by atoms with Gasteiger partial charge in [0.2, 0.25) is 0 Å². The van der Waals surface area contributed by atoms with Crippen molar-refractivity contribution >= 4 is 5.84 Å². The zero-order valence-corrected chi connectivity index (χ0v) is 12.6. The van der Waals surface area contributed by atoms with Crippen molar-refractivity contribution in [2.75, 3.05) is 26.9 Å². The summed E-state index contributed by atoms with van der Waals surface area (Å²) in [5.74, 6) is 0.823. The van der Waals surface area contributed by atoms with Crippen LogP contribution in [-0.4, -0.2) is 37.9 Å². The molecule has 0 radical (unpaired) electrons. The topological polar surface area (TPSA) is 89.1 Å². The van der Waals surface area contributed by atoms with E-state index in [2.05, 4.69) is 17.1 Å². The summed E-state index contributed by atoms with van der Waals surface area (Å²) in [5, 5.41) is 15.0. The van der Waals surface area contributed by atoms with E-state index in [1.54, 1.807) is 19.2 Å². The van der Waals surface area contributed by atoms with Crippen LogP contribution < -0.4 is 15.8 Å². The third-order valence-electron chi connectivity index (χ3n) is 2.77. The molecule has 0 aromatic heterocycles. The Labute approximate surface area is 125 Å². The second-order valence-corrected chi connectivity index (χ2v) is 4.70. The van der Waals surface area contributed by atoms with Crippen LogP contribution in [0.15, 0.2) is 35.5 Å². The normalized spacial score (nSPS) is 11.4. The first-order valence-corrected chi connectivity index (χ1v) is 6.66. The van der Waals surface area contributed by atoms with E-state index in [-0.39, 0.29) is 5.84 Å². The zero-order chi connectivity index (χ0) is 15.7. The van der Waals surface area contributed by atoms with Gasteiger partial charge in [0.15, 0.2) is 5.84 Å². The second-order valence-electron chi connectivity index (χ2n) is 4.70. The number of rotatable bonds is 9. The van der Waals surface area contributed by atoms with Gasteiger partial charge in [-0.05, 0) is 25.1 Å². The smallest absolute Gasteiger partial charge is 0.170 e. The Morgan fingerprint density at radius 2 is 2.24 bits per heavy atom. The van der Waals surface area contributed by atoms with E-state index in [0.29, 0.717) is 31.9 Å². The zero-order valence-electron chi connectivity index (χ0n) is 12.6. The first-order chi connectivity index (χ1) is 10.1. The van der Waals surface area contributed by atoms with Gasteiger partial charge in [-0.25, -0.2) is 0 Å². The monoisotopic (exact) mass is 293 g/mol. The number of oxime groups is 1. The van der Waals surface area contributed by atoms with Gasteiger partial charge < -0.3 is 25.7 Å². The summed E-state index contributed by atoms with van der Waals surface area (Å²) >= 11 is 0. The quantitative estimate of drug-likeness (QED) is 0.160. The summed E-state index contributed by atoms with van der Waals surface area (Å²) in [4.78, 5) is 0. The minimum Gasteiger partial charge on any atom is -0.496 e. The van der Waals surface area contributed by atoms with Gasteiger partial charge >= 0.3 is 0 Å². The first-order valence-electron chi connectivity index (χ1n) is 6.66. The summed E-state index contributed by atoms with van der Waals surface area (Å²) in [6.07, 6.45) is 0. The molecule has 0 saturated carbocycles. The number of amidine groups is 1. The van der Waals surface area contributed by atoms with Crippen LogP contribution in [0, 0.1) is 0 Å². The van der Waals surface area contributed by atoms with Crippen molar-refractivity contribution in [3.8, 4) is 5.75 Å². The molecule has 6 nitrogen and oxygen atoms in total. The van der Waals surface area contributed by atoms with E-state index in [1.165, 1.54) is 0 Å². The van der Waals surface area contributed by atoms with E-state index in [0.717, 1.165) is 16.9 Å². The Morgan fingerprint density at radius 1 is 1.48 bits per heavy atom. The van der Waals surface area contributed by atoms with E-state index >= 15 is 0 Å². The van der Waals surface area contributed by atoms with E-state index in [4.69, 9.17) is 20.4 Å². The van der Waals surface area contributed by atoms with Crippen molar-refractivity contribution in [1.82, 2.24) is 5.32 Å². The molecule has 116 valence electrons. The summed E-state index contributed by atoms with van der Waals surface area (Å²) < 4.78 is 10.7. The van der Waals surface area contributed by atoms with Gasteiger partial charge in [0.25, 0.3) is 0 Å². The predicted molar refractivity (Wildman–Crippen MR) is 82.8 cm³/mol. The summed E-state index contributed by atoms with van der Waals surface area (Å²) in [6, 6.07) is 5.37. The fourth-order valence-corrected chi connectivity index (χ4v) is 1.75. The third-order valence-corrected chi connectivity index (χ3v) is 2.77. The number of benzene rings is 1. The van der Waals surface area contributed by atoms with Crippen LogP contribution in [0.4, 0.5) is 0 Å². The molecule has 6 heteroatoms. The van der Waals surface area contributed by atoms with Crippen LogP contribution in [0.1, 0.15) is 18.1 Å². The van der Waals surface area contributed by atoms with Gasteiger partial charge in [0.1, 0.15) is 5.75 Å². The Balaban J connectivity index is 2.54. The molecular weight excluding hydrogens is 270 g/mol. The molecule has 0 amide bonds. The van der Waals surface area contributed by atoms with Crippen LogP contribution >= 0.6 is 0 Å². The van der Waals surface area contributed by atoms with Crippen molar-refractivity contribution in [2.45, 2.75) is 13.5 Å². The predicted octanol–water partition coefficient (Wildman–Crippen LogP) is 1.47. The van der Waals surface area contributed by atoms with Gasteiger partial charge in [0, 0.05) is 24.2 Å². The van der Waals surface area contributed by atoms with Crippen molar-refractivity contribution < 1.29 is 14.7 Å². The average Bonchev–Trinajstić information content (AvgIpc) is 2.49. The second kappa shape index (κ2) is 8.99. The molecule has 1 aromatic carbocycles. The Kier molecular flexibility index (Phi) is 7.28. The maximum Gasteiger partial charge on any atom is 0.170 e. The number of hydrogen-bond donors (Lipinski definition) is 3. The highest BCUT2D eigenvalue weighted by Gasteiger charge is 2.07. The highest BCUT2D eigenvalue weighted by atomic mass is 16.5. The molecule has 0 unspecified atom stereocenters. The van der Waals surface area contributed by atoms with Gasteiger partial charge in [0.05, 0.1) is 20.3 Å². The Bertz CT molecular complexity index is 501. The largest absolute Gasteiger partial charge is 0.496 e. The van der Waals surface area contributed by atoms with Crippen LogP contribution in [0.2, 0.25) is 0 Å². The minimum atomic E-state index is 0.0729. The molecule has 0 saturated heterocycles. The molecular formula is C15H23N3O3. The van der Waals surface area contributed by atoms with Crippen molar-refractivity contribution in [3.05, 3.63) is 41.5 Å². The molecule has 4 N–H and O–H groups in total. The number of nitrogens with one attached hydrogen (secondary N) is 1. The van der Waals surface area contributed by atoms with Crippen LogP contribution in [0.25, 0.3) is 0 Å². The fraction of sp³-hybridized carbons (Fsp3) is 0.400. The van der Waals surface area contributed by atoms with E-state index in [1.807, 2.05) is 13.0 Å². The van der Waals surface area contributed by atoms with E-state index < -0.39 is 0 Å². The summed E-state index contributed by atoms with van der Waals surface area (Å²) in [5.41, 5.74) is 8.17. The molecule has 21 heavy (non-hydrogen) atoms. The third kappa shape index (κ3) is 5.85. The summed E-state index contributed by atoms with van der Waals surface area (Å²) in [6.45, 7) is 8.20. The van der Waals surface area contributed by atoms with Gasteiger partial charge in [-0.2, -0.15) is 0 Å². The highest BCUT2D eigenvalue weighted by Crippen LogP contribution is 2.19. The summed E-state index contributed by atoms with van der Waals surface area (Å²) in [7, 11) is 1.61. The number of nitrogens with two attached hydrogens (primary N) is 1. The van der Waals surface area contributed by atoms with Gasteiger partial charge in [-0.3, -0.25) is 0 Å². The van der Waals surface area contributed by atoms with Crippen LogP contribution in [0.5, 0.6) is 5.75 Å². The SMILES string of the molecule is C=C(C)COCCNCc1cc(/C(N)=N/O)ccc1OC. The lowest BCUT2D eigenvalue weighted by atomic mass is 10.1. The number of ether oxygens (including phenoxy) is 2. The molecule has 0 aliphatic carbocycles. The van der Waals surface area contributed by atoms with Crippen LogP contribution in [0.3, 0.4) is 0 Å². The first kappa shape index (κ1) is 17.0. The lowest BCUT2D eigenvalue weighted by Gasteiger charge is -2.11. The number of methoxy groups -OCH3 is 1. The standard InChI is InChI=1S/C15H23N3O3/c1-11(2)10-21-7-6-17-9-13-8-12(15(16)18-19)4-5-14(13)20-3/h4-5,8,17,19H,1,6-7,9-10H2,2-3H3,(H2,16,18).